The maximum Gasteiger partial charge on any atom is 0.246 e. The third kappa shape index (κ3) is 2.46. The molecule has 1 saturated heterocycles. The molecule has 0 aliphatic carbocycles. The Kier molecular flexibility index (Phi) is 3.54. The van der Waals surface area contributed by atoms with Crippen molar-refractivity contribution in [1.82, 2.24) is 24.6 Å². The Morgan fingerprint density at radius 1 is 1.45 bits per heavy atom. The molecule has 2 aromatic rings. The van der Waals surface area contributed by atoms with E-state index in [1.807, 2.05) is 38.0 Å². The minimum absolute atomic E-state index is 0.0140. The Bertz CT molecular complexity index is 579. The van der Waals surface area contributed by atoms with Gasteiger partial charge in [-0.15, -0.1) is 0 Å². The molecule has 0 N–H and O–H groups in total. The fourth-order valence-corrected chi connectivity index (χ4v) is 2.60. The highest BCUT2D eigenvalue weighted by molar-refractivity contribution is 5.02. The fraction of sp³-hybridized carbons (Fsp3) is 0.615. The highest BCUT2D eigenvalue weighted by Gasteiger charge is 2.35. The molecule has 0 radical (unpaired) electrons. The van der Waals surface area contributed by atoms with E-state index in [-0.39, 0.29) is 12.1 Å². The number of aromatic nitrogens is 4. The van der Waals surface area contributed by atoms with Crippen LogP contribution in [0.1, 0.15) is 30.4 Å². The third-order valence-corrected chi connectivity index (χ3v) is 3.68. The summed E-state index contributed by atoms with van der Waals surface area (Å²) in [6.45, 7) is 6.20. The number of imidazole rings is 1. The van der Waals surface area contributed by atoms with Crippen LogP contribution >= 0.6 is 0 Å². The van der Waals surface area contributed by atoms with Crippen molar-refractivity contribution in [3.05, 3.63) is 29.9 Å². The molecular formula is C13H19N5O2. The molecule has 0 saturated carbocycles. The van der Waals surface area contributed by atoms with Gasteiger partial charge >= 0.3 is 0 Å². The molecule has 0 bridgehead atoms. The molecule has 0 aromatic carbocycles. The number of hydrogen-bond acceptors (Lipinski definition) is 6. The van der Waals surface area contributed by atoms with E-state index in [4.69, 9.17) is 9.26 Å². The lowest BCUT2D eigenvalue weighted by atomic mass is 10.1. The molecule has 7 nitrogen and oxygen atoms in total. The monoisotopic (exact) mass is 277 g/mol. The number of morpholine rings is 1. The summed E-state index contributed by atoms with van der Waals surface area (Å²) in [5, 5.41) is 3.89. The topological polar surface area (TPSA) is 69.2 Å². The Morgan fingerprint density at radius 2 is 2.30 bits per heavy atom. The van der Waals surface area contributed by atoms with Crippen molar-refractivity contribution in [3.63, 3.8) is 0 Å². The second kappa shape index (κ2) is 5.34. The third-order valence-electron chi connectivity index (χ3n) is 3.68. The van der Waals surface area contributed by atoms with Gasteiger partial charge in [-0.05, 0) is 13.8 Å². The fourth-order valence-electron chi connectivity index (χ4n) is 2.60. The molecule has 0 amide bonds. The first kappa shape index (κ1) is 13.3. The van der Waals surface area contributed by atoms with Gasteiger partial charge in [-0.1, -0.05) is 5.16 Å². The first-order chi connectivity index (χ1) is 9.65. The van der Waals surface area contributed by atoms with Crippen LogP contribution in [0.15, 0.2) is 17.0 Å². The summed E-state index contributed by atoms with van der Waals surface area (Å²) in [5.74, 6) is 1.27. The maximum atomic E-state index is 5.74. The summed E-state index contributed by atoms with van der Waals surface area (Å²) in [6.07, 6.45) is 3.72. The van der Waals surface area contributed by atoms with Gasteiger partial charge in [0, 0.05) is 26.3 Å². The zero-order chi connectivity index (χ0) is 14.1. The summed E-state index contributed by atoms with van der Waals surface area (Å²) >= 11 is 0. The average Bonchev–Trinajstić information content (AvgIpc) is 3.00. The second-order valence-electron chi connectivity index (χ2n) is 5.17. The van der Waals surface area contributed by atoms with Crippen LogP contribution < -0.4 is 0 Å². The molecule has 3 heterocycles. The van der Waals surface area contributed by atoms with E-state index in [1.54, 1.807) is 0 Å². The Labute approximate surface area is 117 Å². The zero-order valence-corrected chi connectivity index (χ0v) is 12.0. The molecule has 7 heteroatoms. The number of aryl methyl sites for hydroxylation is 2. The first-order valence-corrected chi connectivity index (χ1v) is 6.76. The van der Waals surface area contributed by atoms with Gasteiger partial charge < -0.3 is 13.8 Å². The van der Waals surface area contributed by atoms with Crippen LogP contribution in [0.3, 0.4) is 0 Å². The van der Waals surface area contributed by atoms with Gasteiger partial charge in [0.25, 0.3) is 0 Å². The van der Waals surface area contributed by atoms with Crippen molar-refractivity contribution >= 4 is 0 Å². The van der Waals surface area contributed by atoms with Crippen LogP contribution in [0.4, 0.5) is 0 Å². The Balaban J connectivity index is 1.85. The molecule has 2 atom stereocenters. The molecule has 108 valence electrons. The van der Waals surface area contributed by atoms with Crippen LogP contribution in [-0.2, 0) is 18.3 Å². The van der Waals surface area contributed by atoms with Gasteiger partial charge in [-0.2, -0.15) is 4.98 Å². The lowest BCUT2D eigenvalue weighted by molar-refractivity contribution is -0.0769. The van der Waals surface area contributed by atoms with Crippen molar-refractivity contribution in [1.29, 1.82) is 0 Å². The number of nitrogens with zero attached hydrogens (tertiary/aromatic N) is 5. The molecule has 3 rings (SSSR count). The standard InChI is InChI=1S/C13H19N5O2/c1-9-12(13-15-10(2)16-20-13)18(4-5-19-9)7-11-6-14-8-17(11)3/h6,8-9,12H,4-5,7H2,1-3H3/t9-,12+/m1/s1. The van der Waals surface area contributed by atoms with Gasteiger partial charge in [0.1, 0.15) is 6.04 Å². The molecule has 1 fully saturated rings. The first-order valence-electron chi connectivity index (χ1n) is 6.76. The summed E-state index contributed by atoms with van der Waals surface area (Å²) < 4.78 is 13.1. The van der Waals surface area contributed by atoms with Crippen LogP contribution in [0.5, 0.6) is 0 Å². The van der Waals surface area contributed by atoms with E-state index in [0.29, 0.717) is 18.3 Å². The van der Waals surface area contributed by atoms with Crippen LogP contribution in [0, 0.1) is 6.92 Å². The van der Waals surface area contributed by atoms with Gasteiger partial charge in [0.15, 0.2) is 5.82 Å². The molecule has 0 spiro atoms. The molecule has 20 heavy (non-hydrogen) atoms. The number of ether oxygens (including phenoxy) is 1. The summed E-state index contributed by atoms with van der Waals surface area (Å²) in [4.78, 5) is 10.8. The van der Waals surface area contributed by atoms with Crippen LogP contribution in [-0.4, -0.2) is 43.8 Å². The van der Waals surface area contributed by atoms with Crippen LogP contribution in [0.25, 0.3) is 0 Å². The van der Waals surface area contributed by atoms with E-state index in [9.17, 15) is 0 Å². The van der Waals surface area contributed by atoms with Crippen molar-refractivity contribution in [2.24, 2.45) is 7.05 Å². The van der Waals surface area contributed by atoms with Gasteiger partial charge in [0.2, 0.25) is 5.89 Å². The highest BCUT2D eigenvalue weighted by Crippen LogP contribution is 2.29. The van der Waals surface area contributed by atoms with E-state index in [2.05, 4.69) is 20.0 Å². The average molecular weight is 277 g/mol. The highest BCUT2D eigenvalue weighted by atomic mass is 16.5. The normalized spacial score (nSPS) is 24.1. The van der Waals surface area contributed by atoms with E-state index in [0.717, 1.165) is 18.8 Å². The van der Waals surface area contributed by atoms with Gasteiger partial charge in [0.05, 0.1) is 24.7 Å². The van der Waals surface area contributed by atoms with E-state index in [1.165, 1.54) is 0 Å². The molecule has 1 aliphatic rings. The van der Waals surface area contributed by atoms with Crippen LogP contribution in [0.2, 0.25) is 0 Å². The molecule has 1 aliphatic heterocycles. The van der Waals surface area contributed by atoms with Crippen molar-refractivity contribution in [3.8, 4) is 0 Å². The predicted octanol–water partition coefficient (Wildman–Crippen LogP) is 1.07. The smallest absolute Gasteiger partial charge is 0.246 e. The quantitative estimate of drug-likeness (QED) is 0.836. The zero-order valence-electron chi connectivity index (χ0n) is 12.0. The molecular weight excluding hydrogens is 258 g/mol. The summed E-state index contributed by atoms with van der Waals surface area (Å²) in [5.41, 5.74) is 1.15. The minimum atomic E-state index is -0.0140. The Hall–Kier alpha value is -1.73. The van der Waals surface area contributed by atoms with Crippen molar-refractivity contribution in [2.75, 3.05) is 13.2 Å². The lowest BCUT2D eigenvalue weighted by Crippen LogP contribution is -2.44. The summed E-state index contributed by atoms with van der Waals surface area (Å²) in [7, 11) is 2.00. The van der Waals surface area contributed by atoms with E-state index >= 15 is 0 Å². The SMILES string of the molecule is Cc1noc([C@@H]2[C@@H](C)OCCN2Cc2cncn2C)n1. The second-order valence-corrected chi connectivity index (χ2v) is 5.17. The largest absolute Gasteiger partial charge is 0.375 e. The van der Waals surface area contributed by atoms with Crippen molar-refractivity contribution in [2.45, 2.75) is 32.5 Å². The van der Waals surface area contributed by atoms with E-state index < -0.39 is 0 Å². The van der Waals surface area contributed by atoms with Gasteiger partial charge in [-0.25, -0.2) is 4.98 Å². The summed E-state index contributed by atoms with van der Waals surface area (Å²) in [6, 6.07) is -0.0140. The molecule has 0 unspecified atom stereocenters. The maximum absolute atomic E-state index is 5.74. The Morgan fingerprint density at radius 3 is 2.95 bits per heavy atom. The lowest BCUT2D eigenvalue weighted by Gasteiger charge is -2.37. The molecule has 2 aromatic heterocycles. The van der Waals surface area contributed by atoms with Crippen molar-refractivity contribution < 1.29 is 9.26 Å². The number of hydrogen-bond donors (Lipinski definition) is 0. The number of rotatable bonds is 3. The minimum Gasteiger partial charge on any atom is -0.375 e. The predicted molar refractivity (Wildman–Crippen MR) is 70.8 cm³/mol. The van der Waals surface area contributed by atoms with Gasteiger partial charge in [-0.3, -0.25) is 4.90 Å².